The van der Waals surface area contributed by atoms with Crippen LogP contribution in [0.25, 0.3) is 0 Å². The van der Waals surface area contributed by atoms with Crippen molar-refractivity contribution in [3.63, 3.8) is 0 Å². The molecule has 0 amide bonds. The predicted molar refractivity (Wildman–Crippen MR) is 87.3 cm³/mol. The summed E-state index contributed by atoms with van der Waals surface area (Å²) in [5.41, 5.74) is 8.49. The SMILES string of the molecule is C[N+](C)(C)CCCNc1nn2c(c1N)CCC1CCCC12. The van der Waals surface area contributed by atoms with E-state index in [9.17, 15) is 0 Å². The molecule has 0 radical (unpaired) electrons. The lowest BCUT2D eigenvalue weighted by atomic mass is 9.92. The van der Waals surface area contributed by atoms with Crippen LogP contribution in [-0.2, 0) is 6.42 Å². The van der Waals surface area contributed by atoms with Gasteiger partial charge in [-0.05, 0) is 31.6 Å². The number of quaternary nitrogens is 1. The van der Waals surface area contributed by atoms with Crippen LogP contribution in [0.3, 0.4) is 0 Å². The first-order valence-electron chi connectivity index (χ1n) is 8.37. The zero-order chi connectivity index (χ0) is 15.0. The summed E-state index contributed by atoms with van der Waals surface area (Å²) in [4.78, 5) is 0. The Labute approximate surface area is 128 Å². The van der Waals surface area contributed by atoms with Crippen molar-refractivity contribution in [3.05, 3.63) is 5.69 Å². The molecule has 3 N–H and O–H groups in total. The van der Waals surface area contributed by atoms with E-state index in [4.69, 9.17) is 10.8 Å². The molecule has 5 nitrogen and oxygen atoms in total. The average Bonchev–Trinajstić information content (AvgIpc) is 2.99. The molecule has 0 saturated heterocycles. The summed E-state index contributed by atoms with van der Waals surface area (Å²) in [5, 5.41) is 8.26. The second-order valence-corrected chi connectivity index (χ2v) is 7.74. The quantitative estimate of drug-likeness (QED) is 0.646. The maximum Gasteiger partial charge on any atom is 0.171 e. The van der Waals surface area contributed by atoms with Gasteiger partial charge in [-0.3, -0.25) is 4.68 Å². The number of nitrogen functional groups attached to an aromatic ring is 1. The van der Waals surface area contributed by atoms with Gasteiger partial charge >= 0.3 is 0 Å². The number of anilines is 2. The van der Waals surface area contributed by atoms with Gasteiger partial charge in [0.05, 0.1) is 45.1 Å². The van der Waals surface area contributed by atoms with Gasteiger partial charge < -0.3 is 15.5 Å². The highest BCUT2D eigenvalue weighted by atomic mass is 15.4. The van der Waals surface area contributed by atoms with Gasteiger partial charge in [0.1, 0.15) is 0 Å². The summed E-state index contributed by atoms with van der Waals surface area (Å²) in [6.07, 6.45) is 7.52. The molecule has 2 aliphatic rings. The Kier molecular flexibility index (Phi) is 3.86. The van der Waals surface area contributed by atoms with Gasteiger partial charge in [-0.15, -0.1) is 0 Å². The minimum absolute atomic E-state index is 0.609. The third-order valence-electron chi connectivity index (χ3n) is 5.03. The first-order valence-corrected chi connectivity index (χ1v) is 8.37. The van der Waals surface area contributed by atoms with Crippen LogP contribution >= 0.6 is 0 Å². The molecular weight excluding hydrogens is 262 g/mol. The fraction of sp³-hybridized carbons (Fsp3) is 0.812. The van der Waals surface area contributed by atoms with E-state index in [0.29, 0.717) is 6.04 Å². The third-order valence-corrected chi connectivity index (χ3v) is 5.03. The largest absolute Gasteiger partial charge is 0.394 e. The first kappa shape index (κ1) is 14.7. The second-order valence-electron chi connectivity index (χ2n) is 7.74. The summed E-state index contributed by atoms with van der Waals surface area (Å²) in [5.74, 6) is 1.75. The lowest BCUT2D eigenvalue weighted by Crippen LogP contribution is -2.36. The zero-order valence-electron chi connectivity index (χ0n) is 13.7. The van der Waals surface area contributed by atoms with E-state index in [2.05, 4.69) is 31.1 Å². The fourth-order valence-corrected chi connectivity index (χ4v) is 3.89. The van der Waals surface area contributed by atoms with Crippen molar-refractivity contribution in [3.8, 4) is 0 Å². The summed E-state index contributed by atoms with van der Waals surface area (Å²) in [6, 6.07) is 0.609. The van der Waals surface area contributed by atoms with Crippen LogP contribution in [0, 0.1) is 5.92 Å². The monoisotopic (exact) mass is 292 g/mol. The van der Waals surface area contributed by atoms with Gasteiger partial charge in [0, 0.05) is 13.0 Å². The standard InChI is InChI=1S/C16H30N5/c1-21(2,3)11-5-10-18-16-15(17)14-9-8-12-6-4-7-13(12)20(14)19-16/h12-13H,4-11,17H2,1-3H3,(H,18,19)/q+1. The number of fused-ring (bicyclic) bond motifs is 3. The number of rotatable bonds is 5. The van der Waals surface area contributed by atoms with Crippen molar-refractivity contribution in [2.45, 2.75) is 44.6 Å². The summed E-state index contributed by atoms with van der Waals surface area (Å²) in [7, 11) is 6.68. The molecule has 1 aromatic heterocycles. The third kappa shape index (κ3) is 3.03. The van der Waals surface area contributed by atoms with Gasteiger partial charge in [-0.2, -0.15) is 5.10 Å². The summed E-state index contributed by atoms with van der Waals surface area (Å²) >= 11 is 0. The Balaban J connectivity index is 1.65. The van der Waals surface area contributed by atoms with Crippen LogP contribution in [0.2, 0.25) is 0 Å². The summed E-state index contributed by atoms with van der Waals surface area (Å²) < 4.78 is 3.25. The van der Waals surface area contributed by atoms with Gasteiger partial charge in [-0.1, -0.05) is 6.42 Å². The van der Waals surface area contributed by atoms with Crippen LogP contribution < -0.4 is 11.1 Å². The normalized spacial score (nSPS) is 24.7. The second kappa shape index (κ2) is 5.52. The number of aromatic nitrogens is 2. The molecule has 1 aliphatic heterocycles. The van der Waals surface area contributed by atoms with E-state index in [0.717, 1.165) is 47.8 Å². The molecular formula is C16H30N5+. The minimum atomic E-state index is 0.609. The molecule has 2 unspecified atom stereocenters. The maximum absolute atomic E-state index is 6.33. The Morgan fingerprint density at radius 2 is 2.10 bits per heavy atom. The highest BCUT2D eigenvalue weighted by Crippen LogP contribution is 2.44. The lowest BCUT2D eigenvalue weighted by molar-refractivity contribution is -0.870. The number of nitrogens with two attached hydrogens (primary N) is 1. The van der Waals surface area contributed by atoms with Gasteiger partial charge in [0.2, 0.25) is 0 Å². The Hall–Kier alpha value is -1.23. The lowest BCUT2D eigenvalue weighted by Gasteiger charge is -2.27. The highest BCUT2D eigenvalue weighted by Gasteiger charge is 2.35. The molecule has 3 rings (SSSR count). The van der Waals surface area contributed by atoms with E-state index >= 15 is 0 Å². The molecule has 0 spiro atoms. The van der Waals surface area contributed by atoms with Crippen LogP contribution in [0.4, 0.5) is 11.5 Å². The van der Waals surface area contributed by atoms with Crippen molar-refractivity contribution < 1.29 is 4.48 Å². The van der Waals surface area contributed by atoms with Gasteiger partial charge in [0.25, 0.3) is 0 Å². The number of nitrogens with one attached hydrogen (secondary N) is 1. The Bertz CT molecular complexity index is 500. The van der Waals surface area contributed by atoms with E-state index in [-0.39, 0.29) is 0 Å². The summed E-state index contributed by atoms with van der Waals surface area (Å²) in [6.45, 7) is 2.11. The molecule has 118 valence electrons. The van der Waals surface area contributed by atoms with Crippen molar-refractivity contribution in [1.82, 2.24) is 9.78 Å². The van der Waals surface area contributed by atoms with Crippen molar-refractivity contribution in [2.24, 2.45) is 5.92 Å². The van der Waals surface area contributed by atoms with Crippen molar-refractivity contribution in [1.29, 1.82) is 0 Å². The number of hydrogen-bond acceptors (Lipinski definition) is 3. The van der Waals surface area contributed by atoms with Gasteiger partial charge in [-0.25, -0.2) is 0 Å². The molecule has 1 aliphatic carbocycles. The Morgan fingerprint density at radius 1 is 1.29 bits per heavy atom. The molecule has 21 heavy (non-hydrogen) atoms. The van der Waals surface area contributed by atoms with Crippen LogP contribution in [0.1, 0.15) is 43.8 Å². The molecule has 0 bridgehead atoms. The molecule has 2 atom stereocenters. The Morgan fingerprint density at radius 3 is 2.86 bits per heavy atom. The minimum Gasteiger partial charge on any atom is -0.394 e. The predicted octanol–water partition coefficient (Wildman–Crippen LogP) is 2.26. The number of nitrogens with zero attached hydrogens (tertiary/aromatic N) is 3. The van der Waals surface area contributed by atoms with Crippen molar-refractivity contribution >= 4 is 11.5 Å². The van der Waals surface area contributed by atoms with E-state index in [1.54, 1.807) is 0 Å². The average molecular weight is 292 g/mol. The van der Waals surface area contributed by atoms with Crippen LogP contribution in [-0.4, -0.2) is 48.5 Å². The topological polar surface area (TPSA) is 55.9 Å². The molecule has 1 aromatic rings. The van der Waals surface area contributed by atoms with E-state index in [1.807, 2.05) is 0 Å². The van der Waals surface area contributed by atoms with Gasteiger partial charge in [0.15, 0.2) is 5.82 Å². The first-order chi connectivity index (χ1) is 9.96. The van der Waals surface area contributed by atoms with Crippen LogP contribution in [0.5, 0.6) is 0 Å². The highest BCUT2D eigenvalue weighted by molar-refractivity contribution is 5.65. The molecule has 1 fully saturated rings. The molecule has 2 heterocycles. The fourth-order valence-electron chi connectivity index (χ4n) is 3.89. The zero-order valence-corrected chi connectivity index (χ0v) is 13.7. The van der Waals surface area contributed by atoms with E-state index in [1.165, 1.54) is 31.4 Å². The van der Waals surface area contributed by atoms with E-state index < -0.39 is 0 Å². The maximum atomic E-state index is 6.33. The van der Waals surface area contributed by atoms with Crippen LogP contribution in [0.15, 0.2) is 0 Å². The number of hydrogen-bond donors (Lipinski definition) is 2. The molecule has 0 aromatic carbocycles. The smallest absolute Gasteiger partial charge is 0.171 e. The molecule has 1 saturated carbocycles. The van der Waals surface area contributed by atoms with Crippen molar-refractivity contribution in [2.75, 3.05) is 45.3 Å². The molecule has 5 heteroatoms.